The highest BCUT2D eigenvalue weighted by Gasteiger charge is 2.02. The fraction of sp³-hybridized carbons (Fsp3) is 0.538. The zero-order chi connectivity index (χ0) is 10.4. The van der Waals surface area contributed by atoms with E-state index in [1.165, 1.54) is 36.9 Å². The van der Waals surface area contributed by atoms with Crippen LogP contribution in [0.2, 0.25) is 0 Å². The maximum absolute atomic E-state index is 3.13. The van der Waals surface area contributed by atoms with Crippen molar-refractivity contribution in [3.8, 4) is 0 Å². The third-order valence-corrected chi connectivity index (χ3v) is 2.46. The zero-order valence-electron chi connectivity index (χ0n) is 9.51. The van der Waals surface area contributed by atoms with E-state index in [0.717, 1.165) is 0 Å². The van der Waals surface area contributed by atoms with Crippen LogP contribution in [0.1, 0.15) is 31.7 Å². The predicted molar refractivity (Wildman–Crippen MR) is 62.8 cm³/mol. The molecule has 1 heteroatoms. The zero-order valence-corrected chi connectivity index (χ0v) is 9.51. The summed E-state index contributed by atoms with van der Waals surface area (Å²) in [4.78, 5) is 2.16. The molecule has 1 radical (unpaired) electrons. The molecule has 0 unspecified atom stereocenters. The molecule has 0 aromatic heterocycles. The molecule has 1 aromatic rings. The van der Waals surface area contributed by atoms with E-state index in [9.17, 15) is 0 Å². The van der Waals surface area contributed by atoms with E-state index in [1.807, 2.05) is 6.07 Å². The van der Waals surface area contributed by atoms with E-state index in [0.29, 0.717) is 0 Å². The van der Waals surface area contributed by atoms with Crippen molar-refractivity contribution >= 4 is 5.69 Å². The summed E-state index contributed by atoms with van der Waals surface area (Å²) >= 11 is 0. The van der Waals surface area contributed by atoms with Crippen LogP contribution in [0.5, 0.6) is 0 Å². The van der Waals surface area contributed by atoms with Gasteiger partial charge in [0.1, 0.15) is 0 Å². The average molecular weight is 190 g/mol. The van der Waals surface area contributed by atoms with Gasteiger partial charge in [0.2, 0.25) is 0 Å². The van der Waals surface area contributed by atoms with Gasteiger partial charge in [-0.2, -0.15) is 0 Å². The van der Waals surface area contributed by atoms with Crippen molar-refractivity contribution in [1.82, 2.24) is 0 Å². The van der Waals surface area contributed by atoms with Gasteiger partial charge in [0.15, 0.2) is 0 Å². The van der Waals surface area contributed by atoms with Gasteiger partial charge in [-0.15, -0.1) is 0 Å². The summed E-state index contributed by atoms with van der Waals surface area (Å²) in [6, 6.07) is 9.40. The minimum absolute atomic E-state index is 1.19. The molecule has 77 valence electrons. The van der Waals surface area contributed by atoms with Crippen LogP contribution in [0, 0.1) is 6.07 Å². The second-order valence-electron chi connectivity index (χ2n) is 3.91. The molecule has 14 heavy (non-hydrogen) atoms. The molecule has 0 amide bonds. The average Bonchev–Trinajstić information content (AvgIpc) is 2.19. The minimum atomic E-state index is 1.19. The maximum atomic E-state index is 3.13. The van der Waals surface area contributed by atoms with Gasteiger partial charge < -0.3 is 4.90 Å². The first-order valence-corrected chi connectivity index (χ1v) is 5.42. The van der Waals surface area contributed by atoms with E-state index >= 15 is 0 Å². The van der Waals surface area contributed by atoms with Crippen molar-refractivity contribution in [2.24, 2.45) is 0 Å². The number of aryl methyl sites for hydroxylation is 1. The molecule has 0 aliphatic carbocycles. The van der Waals surface area contributed by atoms with E-state index in [2.05, 4.69) is 44.1 Å². The Kier molecular flexibility index (Phi) is 4.51. The smallest absolute Gasteiger partial charge is 0.0399 e. The van der Waals surface area contributed by atoms with Gasteiger partial charge in [-0.3, -0.25) is 0 Å². The molecular weight excluding hydrogens is 170 g/mol. The lowest BCUT2D eigenvalue weighted by Gasteiger charge is -2.16. The third kappa shape index (κ3) is 3.06. The first kappa shape index (κ1) is 11.1. The Morgan fingerprint density at radius 1 is 1.29 bits per heavy atom. The van der Waals surface area contributed by atoms with Crippen LogP contribution in [-0.4, -0.2) is 14.1 Å². The Labute approximate surface area is 87.7 Å². The molecular formula is C13H20N. The Morgan fingerprint density at radius 2 is 2.07 bits per heavy atom. The monoisotopic (exact) mass is 190 g/mol. The second kappa shape index (κ2) is 5.69. The van der Waals surface area contributed by atoms with Crippen molar-refractivity contribution in [2.45, 2.75) is 32.6 Å². The van der Waals surface area contributed by atoms with Crippen LogP contribution >= 0.6 is 0 Å². The Morgan fingerprint density at radius 3 is 2.71 bits per heavy atom. The molecule has 0 saturated heterocycles. The number of unbranched alkanes of at least 4 members (excludes halogenated alkanes) is 2. The van der Waals surface area contributed by atoms with Gasteiger partial charge in [0.05, 0.1) is 0 Å². The van der Waals surface area contributed by atoms with Crippen LogP contribution in [-0.2, 0) is 6.42 Å². The minimum Gasteiger partial charge on any atom is -0.377 e. The van der Waals surface area contributed by atoms with Crippen molar-refractivity contribution in [1.29, 1.82) is 0 Å². The molecule has 0 saturated carbocycles. The standard InChI is InChI=1S/C13H20N/c1-4-5-6-9-12-10-7-8-11-13(12)14(2)3/h7,10-11H,4-6,9H2,1-3H3. The Balaban J connectivity index is 2.64. The third-order valence-electron chi connectivity index (χ3n) is 2.46. The molecule has 1 nitrogen and oxygen atoms in total. The van der Waals surface area contributed by atoms with Crippen molar-refractivity contribution in [2.75, 3.05) is 19.0 Å². The van der Waals surface area contributed by atoms with Gasteiger partial charge >= 0.3 is 0 Å². The topological polar surface area (TPSA) is 3.24 Å². The quantitative estimate of drug-likeness (QED) is 0.644. The van der Waals surface area contributed by atoms with Gasteiger partial charge in [0, 0.05) is 19.8 Å². The number of benzene rings is 1. The molecule has 1 aromatic carbocycles. The SMILES string of the molecule is CCCCCc1cc[c]cc1N(C)C. The number of rotatable bonds is 5. The maximum Gasteiger partial charge on any atom is 0.0399 e. The molecule has 0 N–H and O–H groups in total. The van der Waals surface area contributed by atoms with Gasteiger partial charge in [-0.25, -0.2) is 0 Å². The van der Waals surface area contributed by atoms with Crippen LogP contribution in [0.15, 0.2) is 18.2 Å². The fourth-order valence-electron chi connectivity index (χ4n) is 1.65. The lowest BCUT2D eigenvalue weighted by Crippen LogP contribution is -2.11. The number of nitrogens with zero attached hydrogens (tertiary/aromatic N) is 1. The Hall–Kier alpha value is -0.980. The van der Waals surface area contributed by atoms with Crippen LogP contribution in [0.4, 0.5) is 5.69 Å². The summed E-state index contributed by atoms with van der Waals surface area (Å²) in [5, 5.41) is 0. The molecule has 0 bridgehead atoms. The fourth-order valence-corrected chi connectivity index (χ4v) is 1.65. The van der Waals surface area contributed by atoms with E-state index < -0.39 is 0 Å². The predicted octanol–water partition coefficient (Wildman–Crippen LogP) is 3.29. The summed E-state index contributed by atoms with van der Waals surface area (Å²) < 4.78 is 0. The summed E-state index contributed by atoms with van der Waals surface area (Å²) in [5.74, 6) is 0. The van der Waals surface area contributed by atoms with Crippen molar-refractivity contribution in [3.05, 3.63) is 29.8 Å². The van der Waals surface area contributed by atoms with Gasteiger partial charge in [-0.1, -0.05) is 31.9 Å². The molecule has 0 fully saturated rings. The number of anilines is 1. The first-order valence-electron chi connectivity index (χ1n) is 5.42. The summed E-state index contributed by atoms with van der Waals surface area (Å²) in [5.41, 5.74) is 2.76. The first-order chi connectivity index (χ1) is 6.75. The number of hydrogen-bond acceptors (Lipinski definition) is 1. The van der Waals surface area contributed by atoms with E-state index in [1.54, 1.807) is 0 Å². The molecule has 0 atom stereocenters. The summed E-state index contributed by atoms with van der Waals surface area (Å²) in [7, 11) is 4.18. The van der Waals surface area contributed by atoms with E-state index in [-0.39, 0.29) is 0 Å². The van der Waals surface area contributed by atoms with Gasteiger partial charge in [-0.05, 0) is 30.5 Å². The van der Waals surface area contributed by atoms with Gasteiger partial charge in [0.25, 0.3) is 0 Å². The largest absolute Gasteiger partial charge is 0.377 e. The Bertz CT molecular complexity index is 266. The molecule has 0 heterocycles. The molecule has 0 aliphatic rings. The highest BCUT2D eigenvalue weighted by molar-refractivity contribution is 5.52. The second-order valence-corrected chi connectivity index (χ2v) is 3.91. The van der Waals surface area contributed by atoms with E-state index in [4.69, 9.17) is 0 Å². The normalized spacial score (nSPS) is 10.2. The molecule has 1 rings (SSSR count). The molecule has 0 spiro atoms. The lowest BCUT2D eigenvalue weighted by atomic mass is 10.0. The summed E-state index contributed by atoms with van der Waals surface area (Å²) in [6.45, 7) is 2.24. The van der Waals surface area contributed by atoms with Crippen LogP contribution in [0.3, 0.4) is 0 Å². The summed E-state index contributed by atoms with van der Waals surface area (Å²) in [6.07, 6.45) is 5.10. The van der Waals surface area contributed by atoms with Crippen molar-refractivity contribution in [3.63, 3.8) is 0 Å². The van der Waals surface area contributed by atoms with Crippen LogP contribution in [0.25, 0.3) is 0 Å². The lowest BCUT2D eigenvalue weighted by molar-refractivity contribution is 0.717. The number of hydrogen-bond donors (Lipinski definition) is 0. The highest BCUT2D eigenvalue weighted by Crippen LogP contribution is 2.19. The van der Waals surface area contributed by atoms with Crippen molar-refractivity contribution < 1.29 is 0 Å². The van der Waals surface area contributed by atoms with Crippen LogP contribution < -0.4 is 4.90 Å². The molecule has 0 aliphatic heterocycles. The highest BCUT2D eigenvalue weighted by atomic mass is 15.1.